The molecule has 0 aliphatic rings. The Kier molecular flexibility index (Phi) is 5.28. The summed E-state index contributed by atoms with van der Waals surface area (Å²) in [5.41, 5.74) is 7.16. The van der Waals surface area contributed by atoms with E-state index < -0.39 is 0 Å². The molecule has 0 aliphatic heterocycles. The number of fused-ring (bicyclic) bond motifs is 1. The molecule has 1 heterocycles. The highest BCUT2D eigenvalue weighted by Crippen LogP contribution is 2.20. The third-order valence-corrected chi connectivity index (χ3v) is 2.93. The number of rotatable bonds is 7. The minimum Gasteiger partial charge on any atom is -0.399 e. The predicted octanol–water partition coefficient (Wildman–Crippen LogP) is 0.777. The zero-order valence-corrected chi connectivity index (χ0v) is 11.9. The number of amides is 1. The lowest BCUT2D eigenvalue weighted by Gasteiger charge is -2.09. The van der Waals surface area contributed by atoms with Gasteiger partial charge >= 0.3 is 0 Å². The third-order valence-electron chi connectivity index (χ3n) is 2.93. The van der Waals surface area contributed by atoms with Crippen LogP contribution in [0.1, 0.15) is 6.42 Å². The Hall–Kier alpha value is -2.41. The molecule has 7 nitrogen and oxygen atoms in total. The molecular weight excluding hydrogens is 270 g/mol. The predicted molar refractivity (Wildman–Crippen MR) is 81.9 cm³/mol. The number of nitrogens with one attached hydrogen (secondary N) is 2. The molecule has 0 unspecified atom stereocenters. The van der Waals surface area contributed by atoms with E-state index in [0.29, 0.717) is 37.6 Å². The van der Waals surface area contributed by atoms with Gasteiger partial charge < -0.3 is 21.1 Å². The summed E-state index contributed by atoms with van der Waals surface area (Å²) >= 11 is 0. The number of ether oxygens (including phenoxy) is 1. The molecule has 0 saturated carbocycles. The molecule has 0 atom stereocenters. The van der Waals surface area contributed by atoms with E-state index in [1.165, 1.54) is 6.33 Å². The van der Waals surface area contributed by atoms with Crippen LogP contribution in [-0.2, 0) is 9.53 Å². The largest absolute Gasteiger partial charge is 0.399 e. The minimum atomic E-state index is -0.0258. The highest BCUT2D eigenvalue weighted by molar-refractivity contribution is 5.90. The first-order chi connectivity index (χ1) is 10.2. The molecule has 0 saturated heterocycles. The van der Waals surface area contributed by atoms with Crippen molar-refractivity contribution in [3.8, 4) is 0 Å². The van der Waals surface area contributed by atoms with Crippen LogP contribution in [0.3, 0.4) is 0 Å². The van der Waals surface area contributed by atoms with Gasteiger partial charge in [0, 0.05) is 37.7 Å². The number of hydrogen-bond acceptors (Lipinski definition) is 6. The van der Waals surface area contributed by atoms with E-state index in [-0.39, 0.29) is 5.91 Å². The highest BCUT2D eigenvalue weighted by atomic mass is 16.5. The quantitative estimate of drug-likeness (QED) is 0.514. The first-order valence-corrected chi connectivity index (χ1v) is 6.70. The molecule has 1 aromatic carbocycles. The van der Waals surface area contributed by atoms with Crippen LogP contribution in [0.25, 0.3) is 10.9 Å². The number of carbonyl (C=O) groups is 1. The van der Waals surface area contributed by atoms with Crippen molar-refractivity contribution in [2.45, 2.75) is 6.42 Å². The van der Waals surface area contributed by atoms with E-state index in [1.807, 2.05) is 6.07 Å². The number of hydrogen-bond donors (Lipinski definition) is 3. The molecule has 4 N–H and O–H groups in total. The second-order valence-electron chi connectivity index (χ2n) is 4.52. The average molecular weight is 289 g/mol. The number of anilines is 2. The normalized spacial score (nSPS) is 10.5. The average Bonchev–Trinajstić information content (AvgIpc) is 2.47. The van der Waals surface area contributed by atoms with Crippen molar-refractivity contribution in [2.75, 3.05) is 37.9 Å². The van der Waals surface area contributed by atoms with Crippen molar-refractivity contribution in [2.24, 2.45) is 0 Å². The Bertz CT molecular complexity index is 617. The lowest BCUT2D eigenvalue weighted by Crippen LogP contribution is -2.28. The van der Waals surface area contributed by atoms with Crippen molar-refractivity contribution >= 4 is 28.3 Å². The number of aromatic nitrogens is 2. The van der Waals surface area contributed by atoms with E-state index in [0.717, 1.165) is 10.9 Å². The summed E-state index contributed by atoms with van der Waals surface area (Å²) < 4.78 is 4.87. The number of carbonyl (C=O) groups excluding carboxylic acids is 1. The maximum absolute atomic E-state index is 11.6. The topological polar surface area (TPSA) is 102 Å². The van der Waals surface area contributed by atoms with Crippen molar-refractivity contribution in [3.63, 3.8) is 0 Å². The monoisotopic (exact) mass is 289 g/mol. The van der Waals surface area contributed by atoms with Crippen molar-refractivity contribution < 1.29 is 9.53 Å². The number of nitrogen functional groups attached to an aromatic ring is 1. The molecule has 0 bridgehead atoms. The van der Waals surface area contributed by atoms with Crippen molar-refractivity contribution in [1.29, 1.82) is 0 Å². The van der Waals surface area contributed by atoms with Gasteiger partial charge in [-0.1, -0.05) is 0 Å². The summed E-state index contributed by atoms with van der Waals surface area (Å²) in [6.45, 7) is 1.53. The Morgan fingerprint density at radius 1 is 1.33 bits per heavy atom. The molecule has 2 aromatic rings. The SMILES string of the molecule is COCCNC(=O)CCNc1ncnc2cc(N)ccc12. The summed E-state index contributed by atoms with van der Waals surface area (Å²) in [6.07, 6.45) is 1.84. The van der Waals surface area contributed by atoms with Crippen LogP contribution in [0, 0.1) is 0 Å². The molecule has 112 valence electrons. The summed E-state index contributed by atoms with van der Waals surface area (Å²) in [6, 6.07) is 5.46. The summed E-state index contributed by atoms with van der Waals surface area (Å²) in [5, 5.41) is 6.79. The summed E-state index contributed by atoms with van der Waals surface area (Å²) in [5.74, 6) is 0.673. The van der Waals surface area contributed by atoms with Gasteiger partial charge in [0.2, 0.25) is 5.91 Å². The van der Waals surface area contributed by atoms with Crippen LogP contribution in [0.4, 0.5) is 11.5 Å². The van der Waals surface area contributed by atoms with Gasteiger partial charge in [0.15, 0.2) is 0 Å². The standard InChI is InChI=1S/C14H19N5O2/c1-21-7-6-16-13(20)4-5-17-14-11-3-2-10(15)8-12(11)18-9-19-14/h2-3,8-9H,4-7,15H2,1H3,(H,16,20)(H,17,18,19). The lowest BCUT2D eigenvalue weighted by molar-refractivity contribution is -0.121. The summed E-state index contributed by atoms with van der Waals surface area (Å²) in [7, 11) is 1.60. The first-order valence-electron chi connectivity index (χ1n) is 6.70. The zero-order chi connectivity index (χ0) is 15.1. The fraction of sp³-hybridized carbons (Fsp3) is 0.357. The maximum atomic E-state index is 11.6. The van der Waals surface area contributed by atoms with Gasteiger partial charge in [-0.3, -0.25) is 4.79 Å². The fourth-order valence-electron chi connectivity index (χ4n) is 1.89. The molecule has 2 rings (SSSR count). The molecule has 0 spiro atoms. The van der Waals surface area contributed by atoms with Gasteiger partial charge in [-0.25, -0.2) is 9.97 Å². The molecule has 21 heavy (non-hydrogen) atoms. The van der Waals surface area contributed by atoms with Gasteiger partial charge in [-0.05, 0) is 18.2 Å². The first kappa shape index (κ1) is 15.0. The van der Waals surface area contributed by atoms with Crippen molar-refractivity contribution in [1.82, 2.24) is 15.3 Å². The van der Waals surface area contributed by atoms with Gasteiger partial charge in [0.1, 0.15) is 12.1 Å². The minimum absolute atomic E-state index is 0.0258. The zero-order valence-electron chi connectivity index (χ0n) is 11.9. The molecule has 0 aliphatic carbocycles. The van der Waals surface area contributed by atoms with Crippen LogP contribution < -0.4 is 16.4 Å². The third kappa shape index (κ3) is 4.28. The van der Waals surface area contributed by atoms with Gasteiger partial charge in [-0.2, -0.15) is 0 Å². The number of methoxy groups -OCH3 is 1. The van der Waals surface area contributed by atoms with E-state index in [2.05, 4.69) is 20.6 Å². The molecule has 0 radical (unpaired) electrons. The molecule has 7 heteroatoms. The van der Waals surface area contributed by atoms with E-state index in [9.17, 15) is 4.79 Å². The Morgan fingerprint density at radius 3 is 3.00 bits per heavy atom. The number of benzene rings is 1. The molecular formula is C14H19N5O2. The molecule has 0 fully saturated rings. The van der Waals surface area contributed by atoms with Crippen LogP contribution in [0.5, 0.6) is 0 Å². The fourth-order valence-corrected chi connectivity index (χ4v) is 1.89. The highest BCUT2D eigenvalue weighted by Gasteiger charge is 2.05. The Balaban J connectivity index is 1.90. The Morgan fingerprint density at radius 2 is 2.19 bits per heavy atom. The maximum Gasteiger partial charge on any atom is 0.221 e. The van der Waals surface area contributed by atoms with Crippen LogP contribution in [-0.4, -0.2) is 42.7 Å². The Labute approximate surface area is 122 Å². The lowest BCUT2D eigenvalue weighted by atomic mass is 10.2. The summed E-state index contributed by atoms with van der Waals surface area (Å²) in [4.78, 5) is 19.9. The van der Waals surface area contributed by atoms with Crippen LogP contribution in [0.2, 0.25) is 0 Å². The van der Waals surface area contributed by atoms with Gasteiger partial charge in [0.25, 0.3) is 0 Å². The number of nitrogens with two attached hydrogens (primary N) is 1. The second-order valence-corrected chi connectivity index (χ2v) is 4.52. The van der Waals surface area contributed by atoms with Gasteiger partial charge in [-0.15, -0.1) is 0 Å². The van der Waals surface area contributed by atoms with Crippen molar-refractivity contribution in [3.05, 3.63) is 24.5 Å². The van der Waals surface area contributed by atoms with E-state index >= 15 is 0 Å². The van der Waals surface area contributed by atoms with E-state index in [1.54, 1.807) is 19.2 Å². The smallest absolute Gasteiger partial charge is 0.221 e. The molecule has 1 amide bonds. The van der Waals surface area contributed by atoms with Crippen LogP contribution in [0.15, 0.2) is 24.5 Å². The number of nitrogens with zero attached hydrogens (tertiary/aromatic N) is 2. The van der Waals surface area contributed by atoms with E-state index in [4.69, 9.17) is 10.5 Å². The van der Waals surface area contributed by atoms with Gasteiger partial charge in [0.05, 0.1) is 12.1 Å². The second kappa shape index (κ2) is 7.39. The molecule has 1 aromatic heterocycles. The van der Waals surface area contributed by atoms with Crippen LogP contribution >= 0.6 is 0 Å².